The Labute approximate surface area is 83.5 Å². The topological polar surface area (TPSA) is 21.8 Å². The smallest absolute Gasteiger partial charge is 0.248 e. The number of epoxide rings is 1. The number of hydrogen-bond donors (Lipinski definition) is 0. The van der Waals surface area contributed by atoms with Gasteiger partial charge in [-0.25, -0.2) is 0 Å². The number of halogens is 2. The van der Waals surface area contributed by atoms with Crippen molar-refractivity contribution >= 4 is 28.9 Å². The Kier molecular flexibility index (Phi) is 4.33. The maximum Gasteiger partial charge on any atom is 0.248 e. The first-order chi connectivity index (χ1) is 5.58. The molecule has 1 atom stereocenters. The molecule has 2 nitrogen and oxygen atoms in total. The highest BCUT2D eigenvalue weighted by Gasteiger charge is 2.23. The van der Waals surface area contributed by atoms with Crippen LogP contribution in [0.5, 0.6) is 0 Å². The Morgan fingerprint density at radius 3 is 2.75 bits per heavy atom. The Morgan fingerprint density at radius 1 is 1.58 bits per heavy atom. The molecule has 1 fully saturated rings. The molecule has 0 aromatic rings. The molecule has 0 aliphatic carbocycles. The maximum absolute atomic E-state index is 5.91. The van der Waals surface area contributed by atoms with Gasteiger partial charge in [0.25, 0.3) is 0 Å². The van der Waals surface area contributed by atoms with Crippen LogP contribution < -0.4 is 0 Å². The predicted octanol–water partition coefficient (Wildman–Crippen LogP) is 2.34. The van der Waals surface area contributed by atoms with Crippen LogP contribution in [-0.4, -0.2) is 32.6 Å². The minimum Gasteiger partial charge on any atom is -0.379 e. The summed E-state index contributed by atoms with van der Waals surface area (Å²) in [6, 6.07) is 0.904. The third kappa shape index (κ3) is 6.26. The molecule has 1 heterocycles. The van der Waals surface area contributed by atoms with Crippen molar-refractivity contribution in [2.45, 2.75) is 25.1 Å². The Bertz CT molecular complexity index is 134. The summed E-state index contributed by atoms with van der Waals surface area (Å²) in [4.78, 5) is 0. The lowest BCUT2D eigenvalue weighted by molar-refractivity contribution is 0.117. The lowest BCUT2D eigenvalue weighted by Crippen LogP contribution is -2.13. The molecule has 0 bridgehead atoms. The Balaban J connectivity index is 1.82. The third-order valence-electron chi connectivity index (χ3n) is 1.61. The zero-order valence-corrected chi connectivity index (χ0v) is 9.70. The molecule has 72 valence electrons. The van der Waals surface area contributed by atoms with Gasteiger partial charge in [-0.3, -0.25) is 0 Å². The molecular weight excluding hydrogens is 215 g/mol. The fourth-order valence-electron chi connectivity index (χ4n) is 0.864. The van der Waals surface area contributed by atoms with Crippen LogP contribution in [0.15, 0.2) is 0 Å². The maximum atomic E-state index is 5.91. The summed E-state index contributed by atoms with van der Waals surface area (Å²) in [5.41, 5.74) is 0. The first-order valence-electron chi connectivity index (χ1n) is 4.15. The quantitative estimate of drug-likeness (QED) is 0.302. The van der Waals surface area contributed by atoms with E-state index in [-0.39, 0.29) is 0 Å². The normalized spacial score (nSPS) is 22.8. The van der Waals surface area contributed by atoms with Gasteiger partial charge >= 0.3 is 0 Å². The van der Waals surface area contributed by atoms with E-state index < -0.39 is 6.69 Å². The van der Waals surface area contributed by atoms with Crippen molar-refractivity contribution in [2.75, 3.05) is 19.8 Å². The van der Waals surface area contributed by atoms with E-state index in [0.29, 0.717) is 6.10 Å². The van der Waals surface area contributed by atoms with Crippen LogP contribution in [0.2, 0.25) is 12.6 Å². The SMILES string of the molecule is C[Si](Cl)(Cl)CCCOCC1CO1. The molecule has 0 saturated carbocycles. The first kappa shape index (κ1) is 10.8. The molecule has 1 rings (SSSR count). The number of hydrogen-bond acceptors (Lipinski definition) is 2. The minimum absolute atomic E-state index is 0.362. The molecule has 0 spiro atoms. The molecular formula is C7H14Cl2O2Si. The summed E-state index contributed by atoms with van der Waals surface area (Å²) < 4.78 is 10.3. The zero-order valence-electron chi connectivity index (χ0n) is 7.19. The lowest BCUT2D eigenvalue weighted by Gasteiger charge is -2.09. The number of ether oxygens (including phenoxy) is 2. The summed E-state index contributed by atoms with van der Waals surface area (Å²) in [7, 11) is 0. The first-order valence-corrected chi connectivity index (χ1v) is 8.88. The summed E-state index contributed by atoms with van der Waals surface area (Å²) in [5.74, 6) is 0. The second-order valence-corrected chi connectivity index (χ2v) is 11.4. The van der Waals surface area contributed by atoms with Crippen LogP contribution in [0.3, 0.4) is 0 Å². The molecule has 0 N–H and O–H groups in total. The van der Waals surface area contributed by atoms with Gasteiger partial charge in [0.05, 0.1) is 13.2 Å². The monoisotopic (exact) mass is 228 g/mol. The van der Waals surface area contributed by atoms with Gasteiger partial charge < -0.3 is 9.47 Å². The van der Waals surface area contributed by atoms with Gasteiger partial charge in [0.1, 0.15) is 6.10 Å². The molecule has 5 heteroatoms. The van der Waals surface area contributed by atoms with Crippen LogP contribution in [0.4, 0.5) is 0 Å². The van der Waals surface area contributed by atoms with Crippen molar-refractivity contribution in [1.82, 2.24) is 0 Å². The Hall–Kier alpha value is 0.717. The molecule has 1 unspecified atom stereocenters. The highest BCUT2D eigenvalue weighted by molar-refractivity contribution is 7.44. The van der Waals surface area contributed by atoms with E-state index in [2.05, 4.69) is 0 Å². The van der Waals surface area contributed by atoms with Gasteiger partial charge in [0, 0.05) is 6.61 Å². The van der Waals surface area contributed by atoms with Crippen molar-refractivity contribution in [3.05, 3.63) is 0 Å². The van der Waals surface area contributed by atoms with Crippen LogP contribution >= 0.6 is 22.2 Å². The highest BCUT2D eigenvalue weighted by Crippen LogP contribution is 2.21. The van der Waals surface area contributed by atoms with Gasteiger partial charge in [0.15, 0.2) is 0 Å². The van der Waals surface area contributed by atoms with Gasteiger partial charge in [-0.05, 0) is 19.0 Å². The van der Waals surface area contributed by atoms with Crippen LogP contribution in [-0.2, 0) is 9.47 Å². The van der Waals surface area contributed by atoms with E-state index in [0.717, 1.165) is 32.3 Å². The van der Waals surface area contributed by atoms with Crippen molar-refractivity contribution < 1.29 is 9.47 Å². The van der Waals surface area contributed by atoms with E-state index in [1.807, 2.05) is 6.55 Å². The second kappa shape index (κ2) is 4.82. The van der Waals surface area contributed by atoms with Gasteiger partial charge in [-0.1, -0.05) is 0 Å². The highest BCUT2D eigenvalue weighted by atomic mass is 35.7. The molecule has 12 heavy (non-hydrogen) atoms. The van der Waals surface area contributed by atoms with E-state index in [1.54, 1.807) is 0 Å². The van der Waals surface area contributed by atoms with Crippen LogP contribution in [0.1, 0.15) is 6.42 Å². The molecule has 0 aromatic carbocycles. The van der Waals surface area contributed by atoms with Crippen molar-refractivity contribution in [1.29, 1.82) is 0 Å². The second-order valence-electron chi connectivity index (χ2n) is 3.20. The van der Waals surface area contributed by atoms with Gasteiger partial charge in [-0.15, -0.1) is 22.2 Å². The largest absolute Gasteiger partial charge is 0.379 e. The summed E-state index contributed by atoms with van der Waals surface area (Å²) >= 11 is 11.8. The van der Waals surface area contributed by atoms with Crippen molar-refractivity contribution in [3.8, 4) is 0 Å². The van der Waals surface area contributed by atoms with Crippen LogP contribution in [0, 0.1) is 0 Å². The van der Waals surface area contributed by atoms with Crippen LogP contribution in [0.25, 0.3) is 0 Å². The van der Waals surface area contributed by atoms with Gasteiger partial charge in [-0.2, -0.15) is 0 Å². The molecule has 1 saturated heterocycles. The number of rotatable bonds is 6. The summed E-state index contributed by atoms with van der Waals surface area (Å²) in [5, 5.41) is 0. The fraction of sp³-hybridized carbons (Fsp3) is 1.00. The van der Waals surface area contributed by atoms with Crippen molar-refractivity contribution in [2.24, 2.45) is 0 Å². The van der Waals surface area contributed by atoms with E-state index in [4.69, 9.17) is 31.6 Å². The summed E-state index contributed by atoms with van der Waals surface area (Å²) in [6.45, 7) is 2.38. The molecule has 1 aliphatic heterocycles. The average molecular weight is 229 g/mol. The fourth-order valence-corrected chi connectivity index (χ4v) is 2.43. The predicted molar refractivity (Wildman–Crippen MR) is 53.3 cm³/mol. The van der Waals surface area contributed by atoms with E-state index in [9.17, 15) is 0 Å². The van der Waals surface area contributed by atoms with E-state index in [1.165, 1.54) is 0 Å². The zero-order chi connectivity index (χ0) is 9.03. The average Bonchev–Trinajstić information content (AvgIpc) is 2.68. The standard InChI is InChI=1S/C7H14Cl2O2Si/c1-12(8,9)4-2-3-10-5-7-6-11-7/h7H,2-6H2,1H3. The van der Waals surface area contributed by atoms with E-state index >= 15 is 0 Å². The summed E-state index contributed by atoms with van der Waals surface area (Å²) in [6.07, 6.45) is 1.32. The molecule has 0 radical (unpaired) electrons. The molecule has 0 aromatic heterocycles. The Morgan fingerprint density at radius 2 is 2.25 bits per heavy atom. The lowest BCUT2D eigenvalue weighted by atomic mass is 10.5. The minimum atomic E-state index is -1.89. The molecule has 0 amide bonds. The molecule has 1 aliphatic rings. The van der Waals surface area contributed by atoms with Crippen molar-refractivity contribution in [3.63, 3.8) is 0 Å². The third-order valence-corrected chi connectivity index (χ3v) is 3.98. The van der Waals surface area contributed by atoms with Gasteiger partial charge in [0.2, 0.25) is 6.69 Å².